The predicted molar refractivity (Wildman–Crippen MR) is 128 cm³/mol. The molecular weight excluding hydrogens is 448 g/mol. The fourth-order valence-electron chi connectivity index (χ4n) is 5.55. The molecule has 2 saturated heterocycles. The molecule has 4 atom stereocenters. The zero-order chi connectivity index (χ0) is 24.7. The van der Waals surface area contributed by atoms with Crippen LogP contribution in [-0.4, -0.2) is 66.4 Å². The maximum absolute atomic E-state index is 13.2. The summed E-state index contributed by atoms with van der Waals surface area (Å²) < 4.78 is 11.3. The highest BCUT2D eigenvalue weighted by molar-refractivity contribution is 5.85. The second kappa shape index (κ2) is 9.00. The van der Waals surface area contributed by atoms with E-state index in [0.717, 1.165) is 22.3 Å². The molecule has 2 N–H and O–H groups in total. The number of carbonyl (C=O) groups excluding carboxylic acids is 2. The minimum atomic E-state index is -0.996. The van der Waals surface area contributed by atoms with Gasteiger partial charge in [-0.3, -0.25) is 9.59 Å². The van der Waals surface area contributed by atoms with Crippen LogP contribution in [0.2, 0.25) is 0 Å². The molecule has 2 aromatic rings. The third-order valence-electron chi connectivity index (χ3n) is 7.88. The molecule has 8 nitrogen and oxygen atoms in total. The number of carboxylic acid groups (broad SMARTS) is 1. The van der Waals surface area contributed by atoms with Gasteiger partial charge in [-0.2, -0.15) is 0 Å². The maximum Gasteiger partial charge on any atom is 0.407 e. The Balaban J connectivity index is 1.21. The summed E-state index contributed by atoms with van der Waals surface area (Å²) in [4.78, 5) is 39.1. The zero-order valence-electron chi connectivity index (χ0n) is 19.9. The Morgan fingerprint density at radius 3 is 2.34 bits per heavy atom. The van der Waals surface area contributed by atoms with Gasteiger partial charge in [0.25, 0.3) is 5.91 Å². The smallest absolute Gasteiger partial charge is 0.407 e. The van der Waals surface area contributed by atoms with Crippen LogP contribution >= 0.6 is 0 Å². The quantitative estimate of drug-likeness (QED) is 0.684. The van der Waals surface area contributed by atoms with Gasteiger partial charge in [0.2, 0.25) is 0 Å². The Bertz CT molecular complexity index is 1120. The molecule has 5 rings (SSSR count). The van der Waals surface area contributed by atoms with Crippen LogP contribution in [-0.2, 0) is 19.1 Å². The van der Waals surface area contributed by atoms with Crippen LogP contribution in [0.3, 0.4) is 0 Å². The van der Waals surface area contributed by atoms with E-state index in [1.807, 2.05) is 31.2 Å². The molecule has 35 heavy (non-hydrogen) atoms. The number of rotatable bonds is 5. The maximum atomic E-state index is 13.2. The lowest BCUT2D eigenvalue weighted by Gasteiger charge is -2.26. The first kappa shape index (κ1) is 23.4. The third-order valence-corrected chi connectivity index (χ3v) is 7.88. The Hall–Kier alpha value is -3.39. The molecule has 2 amide bonds. The van der Waals surface area contributed by atoms with E-state index in [1.54, 1.807) is 11.8 Å². The number of alkyl carbamates (subject to hydrolysis) is 1. The summed E-state index contributed by atoms with van der Waals surface area (Å²) >= 11 is 0. The zero-order valence-corrected chi connectivity index (χ0v) is 19.9. The van der Waals surface area contributed by atoms with Gasteiger partial charge in [0, 0.05) is 25.6 Å². The van der Waals surface area contributed by atoms with Gasteiger partial charge >= 0.3 is 12.1 Å². The highest BCUT2D eigenvalue weighted by Crippen LogP contribution is 2.44. The first-order valence-electron chi connectivity index (χ1n) is 12.0. The van der Waals surface area contributed by atoms with E-state index in [2.05, 4.69) is 29.6 Å². The van der Waals surface area contributed by atoms with Crippen molar-refractivity contribution >= 4 is 18.0 Å². The minimum Gasteiger partial charge on any atom is -0.481 e. The Morgan fingerprint density at radius 1 is 1.11 bits per heavy atom. The number of likely N-dealkylation sites (tertiary alicyclic amines) is 1. The lowest BCUT2D eigenvalue weighted by Crippen LogP contribution is -2.49. The summed E-state index contributed by atoms with van der Waals surface area (Å²) in [6.45, 7) is 4.49. The number of hydrogen-bond acceptors (Lipinski definition) is 5. The minimum absolute atomic E-state index is 0.0507. The van der Waals surface area contributed by atoms with Crippen molar-refractivity contribution in [2.24, 2.45) is 11.3 Å². The Kier molecular flexibility index (Phi) is 6.01. The topological polar surface area (TPSA) is 105 Å². The van der Waals surface area contributed by atoms with Crippen LogP contribution in [0.15, 0.2) is 48.5 Å². The lowest BCUT2D eigenvalue weighted by molar-refractivity contribution is -0.149. The van der Waals surface area contributed by atoms with Crippen molar-refractivity contribution in [3.8, 4) is 11.1 Å². The van der Waals surface area contributed by atoms with Crippen LogP contribution in [0.25, 0.3) is 11.1 Å². The van der Waals surface area contributed by atoms with Gasteiger partial charge in [-0.05, 0) is 41.5 Å². The number of benzene rings is 2. The van der Waals surface area contributed by atoms with Crippen molar-refractivity contribution in [2.75, 3.05) is 26.3 Å². The number of aliphatic carboxylic acids is 1. The van der Waals surface area contributed by atoms with Gasteiger partial charge in [0.15, 0.2) is 6.10 Å². The number of nitrogens with one attached hydrogen (secondary N) is 1. The van der Waals surface area contributed by atoms with Gasteiger partial charge < -0.3 is 24.8 Å². The molecule has 2 heterocycles. The molecule has 0 saturated carbocycles. The van der Waals surface area contributed by atoms with E-state index in [-0.39, 0.29) is 30.9 Å². The summed E-state index contributed by atoms with van der Waals surface area (Å²) in [7, 11) is 0. The molecule has 0 unspecified atom stereocenters. The Morgan fingerprint density at radius 2 is 1.74 bits per heavy atom. The number of carboxylic acids is 1. The van der Waals surface area contributed by atoms with Gasteiger partial charge in [0.1, 0.15) is 6.61 Å². The second-order valence-electron chi connectivity index (χ2n) is 10.00. The molecule has 0 bridgehead atoms. The van der Waals surface area contributed by atoms with Gasteiger partial charge in [0.05, 0.1) is 11.5 Å². The summed E-state index contributed by atoms with van der Waals surface area (Å²) in [6.07, 6.45) is -0.954. The largest absolute Gasteiger partial charge is 0.481 e. The second-order valence-corrected chi connectivity index (χ2v) is 10.00. The van der Waals surface area contributed by atoms with E-state index in [4.69, 9.17) is 9.47 Å². The van der Waals surface area contributed by atoms with Crippen LogP contribution in [0.1, 0.15) is 37.3 Å². The molecule has 3 aliphatic rings. The average molecular weight is 479 g/mol. The molecular formula is C27H30N2O6. The fourth-order valence-corrected chi connectivity index (χ4v) is 5.55. The van der Waals surface area contributed by atoms with Crippen LogP contribution in [0.4, 0.5) is 4.79 Å². The average Bonchev–Trinajstić information content (AvgIpc) is 3.52. The van der Waals surface area contributed by atoms with Crippen molar-refractivity contribution in [1.29, 1.82) is 0 Å². The molecule has 2 fully saturated rings. The highest BCUT2D eigenvalue weighted by Gasteiger charge is 2.50. The molecule has 0 spiro atoms. The molecule has 2 aliphatic heterocycles. The Labute approximate surface area is 204 Å². The molecule has 2 aromatic carbocycles. The summed E-state index contributed by atoms with van der Waals surface area (Å²) in [5.74, 6) is -1.44. The van der Waals surface area contributed by atoms with Gasteiger partial charge in [-0.1, -0.05) is 55.5 Å². The molecule has 0 radical (unpaired) electrons. The van der Waals surface area contributed by atoms with Crippen molar-refractivity contribution in [3.63, 3.8) is 0 Å². The monoisotopic (exact) mass is 478 g/mol. The van der Waals surface area contributed by atoms with Crippen molar-refractivity contribution < 1.29 is 29.0 Å². The van der Waals surface area contributed by atoms with E-state index in [1.165, 1.54) is 0 Å². The molecule has 1 aliphatic carbocycles. The van der Waals surface area contributed by atoms with E-state index in [9.17, 15) is 19.5 Å². The first-order chi connectivity index (χ1) is 16.8. The number of nitrogens with zero attached hydrogens (tertiary/aromatic N) is 1. The summed E-state index contributed by atoms with van der Waals surface area (Å²) in [5.41, 5.74) is 3.57. The SMILES string of the molecule is C[C@H]1CN(C(=O)[C@H]2OCC[C@H]2NC(=O)OCC2c3ccccc3-c3ccccc32)C[C@]1(C)C(=O)O. The molecule has 184 valence electrons. The van der Waals surface area contributed by atoms with E-state index < -0.39 is 29.6 Å². The summed E-state index contributed by atoms with van der Waals surface area (Å²) in [5, 5.41) is 12.4. The lowest BCUT2D eigenvalue weighted by atomic mass is 9.81. The van der Waals surface area contributed by atoms with Crippen molar-refractivity contribution in [2.45, 2.75) is 38.3 Å². The fraction of sp³-hybridized carbons (Fsp3) is 0.444. The number of amides is 2. The van der Waals surface area contributed by atoms with Gasteiger partial charge in [-0.15, -0.1) is 0 Å². The van der Waals surface area contributed by atoms with E-state index in [0.29, 0.717) is 19.6 Å². The van der Waals surface area contributed by atoms with E-state index >= 15 is 0 Å². The number of hydrogen-bond donors (Lipinski definition) is 2. The molecule has 8 heteroatoms. The van der Waals surface area contributed by atoms with Crippen LogP contribution in [0.5, 0.6) is 0 Å². The standard InChI is InChI=1S/C27H30N2O6/c1-16-13-29(15-27(16,2)25(31)32)24(30)23-22(11-12-34-23)28-26(33)35-14-21-19-9-5-3-7-17(19)18-8-4-6-10-20(18)21/h3-10,16,21-23H,11-15H2,1-2H3,(H,28,33)(H,31,32)/t16-,22+,23-,27-/m0/s1. The number of fused-ring (bicyclic) bond motifs is 3. The number of carbonyl (C=O) groups is 3. The van der Waals surface area contributed by atoms with Crippen molar-refractivity contribution in [1.82, 2.24) is 10.2 Å². The van der Waals surface area contributed by atoms with Crippen LogP contribution < -0.4 is 5.32 Å². The number of ether oxygens (including phenoxy) is 2. The molecule has 0 aromatic heterocycles. The predicted octanol–water partition coefficient (Wildman–Crippen LogP) is 3.25. The summed E-state index contributed by atoms with van der Waals surface area (Å²) in [6, 6.07) is 15.7. The van der Waals surface area contributed by atoms with Crippen LogP contribution in [0, 0.1) is 11.3 Å². The highest BCUT2D eigenvalue weighted by atomic mass is 16.6. The van der Waals surface area contributed by atoms with Gasteiger partial charge in [-0.25, -0.2) is 4.79 Å². The third kappa shape index (κ3) is 4.05. The normalized spacial score (nSPS) is 27.4. The first-order valence-corrected chi connectivity index (χ1v) is 12.0. The van der Waals surface area contributed by atoms with Crippen molar-refractivity contribution in [3.05, 3.63) is 59.7 Å².